The molecule has 3 heterocycles. The minimum atomic E-state index is -3.68. The van der Waals surface area contributed by atoms with Crippen molar-refractivity contribution in [1.29, 1.82) is 0 Å². The highest BCUT2D eigenvalue weighted by Gasteiger charge is 2.40. The Morgan fingerprint density at radius 2 is 1.75 bits per heavy atom. The van der Waals surface area contributed by atoms with Crippen molar-refractivity contribution in [3.63, 3.8) is 0 Å². The van der Waals surface area contributed by atoms with Crippen LogP contribution in [0.4, 0.5) is 0 Å². The molecule has 0 aromatic heterocycles. The maximum absolute atomic E-state index is 13.3. The fourth-order valence-electron chi connectivity index (χ4n) is 4.47. The normalized spacial score (nSPS) is 22.6. The van der Waals surface area contributed by atoms with Gasteiger partial charge in [-0.15, -0.1) is 4.40 Å². The van der Waals surface area contributed by atoms with Crippen LogP contribution in [0.1, 0.15) is 29.5 Å². The number of rotatable bonds is 1. The van der Waals surface area contributed by atoms with Gasteiger partial charge in [-0.3, -0.25) is 4.79 Å². The van der Waals surface area contributed by atoms with Crippen LogP contribution < -0.4 is 0 Å². The maximum Gasteiger partial charge on any atom is 0.285 e. The predicted octanol–water partition coefficient (Wildman–Crippen LogP) is 2.18. The molecule has 7 heteroatoms. The SMILES string of the molecule is O=C([C@@H]1CCCN1C1=NS(=O)(=O)c2ccccc21)N1CCc2ccccc2C1. The quantitative estimate of drug-likeness (QED) is 0.742. The van der Waals surface area contributed by atoms with Gasteiger partial charge in [0.05, 0.1) is 0 Å². The first-order chi connectivity index (χ1) is 13.5. The van der Waals surface area contributed by atoms with Gasteiger partial charge in [-0.25, -0.2) is 0 Å². The molecule has 0 unspecified atom stereocenters. The van der Waals surface area contributed by atoms with Crippen molar-refractivity contribution >= 4 is 21.8 Å². The molecule has 0 aliphatic carbocycles. The minimum Gasteiger partial charge on any atom is -0.343 e. The van der Waals surface area contributed by atoms with Crippen LogP contribution in [0.15, 0.2) is 57.8 Å². The smallest absolute Gasteiger partial charge is 0.285 e. The number of hydrogen-bond donors (Lipinski definition) is 0. The second-order valence-corrected chi connectivity index (χ2v) is 9.09. The Bertz CT molecular complexity index is 1090. The number of likely N-dealkylation sites (tertiary alicyclic amines) is 1. The molecule has 144 valence electrons. The molecule has 28 heavy (non-hydrogen) atoms. The van der Waals surface area contributed by atoms with Gasteiger partial charge in [0.2, 0.25) is 5.91 Å². The Balaban J connectivity index is 1.43. The van der Waals surface area contributed by atoms with Crippen molar-refractivity contribution in [2.45, 2.75) is 36.7 Å². The standard InChI is InChI=1S/C21H21N3O3S/c25-21(23-13-11-15-6-1-2-7-16(15)14-23)18-9-5-12-24(18)20-17-8-3-4-10-19(17)28(26,27)22-20/h1-4,6-8,10,18H,5,9,11-14H2/t18-/m0/s1. The van der Waals surface area contributed by atoms with Gasteiger partial charge in [-0.05, 0) is 42.5 Å². The molecule has 0 N–H and O–H groups in total. The summed E-state index contributed by atoms with van der Waals surface area (Å²) in [5.74, 6) is 0.486. The molecule has 3 aliphatic heterocycles. The summed E-state index contributed by atoms with van der Waals surface area (Å²) in [4.78, 5) is 17.4. The molecule has 2 aromatic carbocycles. The van der Waals surface area contributed by atoms with Gasteiger partial charge in [0, 0.05) is 25.2 Å². The highest BCUT2D eigenvalue weighted by Crippen LogP contribution is 2.32. The molecule has 1 fully saturated rings. The monoisotopic (exact) mass is 395 g/mol. The summed E-state index contributed by atoms with van der Waals surface area (Å²) < 4.78 is 28.9. The first-order valence-corrected chi connectivity index (χ1v) is 11.1. The first kappa shape index (κ1) is 17.4. The van der Waals surface area contributed by atoms with Gasteiger partial charge < -0.3 is 9.80 Å². The summed E-state index contributed by atoms with van der Waals surface area (Å²) in [6.45, 7) is 1.95. The Labute approximate surface area is 164 Å². The van der Waals surface area contributed by atoms with Crippen LogP contribution in [-0.4, -0.2) is 49.1 Å². The molecule has 5 rings (SSSR count). The number of benzene rings is 2. The number of carbonyl (C=O) groups excluding carboxylic acids is 1. The number of fused-ring (bicyclic) bond motifs is 2. The summed E-state index contributed by atoms with van der Waals surface area (Å²) >= 11 is 0. The molecular weight excluding hydrogens is 374 g/mol. The van der Waals surface area contributed by atoms with Crippen LogP contribution in [0.2, 0.25) is 0 Å². The second kappa shape index (κ2) is 6.44. The third kappa shape index (κ3) is 2.73. The fourth-order valence-corrected chi connectivity index (χ4v) is 5.68. The number of carbonyl (C=O) groups is 1. The Hall–Kier alpha value is -2.67. The third-order valence-corrected chi connectivity index (χ3v) is 7.19. The van der Waals surface area contributed by atoms with E-state index in [9.17, 15) is 13.2 Å². The first-order valence-electron chi connectivity index (χ1n) is 9.61. The zero-order valence-corrected chi connectivity index (χ0v) is 16.2. The van der Waals surface area contributed by atoms with Crippen molar-refractivity contribution in [2.75, 3.05) is 13.1 Å². The molecule has 0 spiro atoms. The Kier molecular flexibility index (Phi) is 4.01. The van der Waals surface area contributed by atoms with Gasteiger partial charge in [0.25, 0.3) is 10.0 Å². The van der Waals surface area contributed by atoms with Crippen LogP contribution >= 0.6 is 0 Å². The van der Waals surface area contributed by atoms with Crippen LogP contribution in [0.3, 0.4) is 0 Å². The lowest BCUT2D eigenvalue weighted by Gasteiger charge is -2.34. The fraction of sp³-hybridized carbons (Fsp3) is 0.333. The van der Waals surface area contributed by atoms with Crippen molar-refractivity contribution in [2.24, 2.45) is 4.40 Å². The van der Waals surface area contributed by atoms with E-state index in [1.807, 2.05) is 28.0 Å². The van der Waals surface area contributed by atoms with E-state index in [1.165, 1.54) is 11.1 Å². The molecule has 6 nitrogen and oxygen atoms in total. The second-order valence-electron chi connectivity index (χ2n) is 7.52. The van der Waals surface area contributed by atoms with E-state index in [4.69, 9.17) is 0 Å². The van der Waals surface area contributed by atoms with Crippen molar-refractivity contribution in [1.82, 2.24) is 9.80 Å². The van der Waals surface area contributed by atoms with Crippen molar-refractivity contribution in [3.05, 3.63) is 65.2 Å². The van der Waals surface area contributed by atoms with E-state index >= 15 is 0 Å². The Morgan fingerprint density at radius 1 is 1.00 bits per heavy atom. The molecule has 1 amide bonds. The third-order valence-electron chi connectivity index (χ3n) is 5.86. The molecular formula is C21H21N3O3S. The van der Waals surface area contributed by atoms with Gasteiger partial charge in [0.15, 0.2) is 5.84 Å². The molecule has 2 aromatic rings. The molecule has 0 saturated carbocycles. The topological polar surface area (TPSA) is 70.0 Å². The average Bonchev–Trinajstić information content (AvgIpc) is 3.30. The van der Waals surface area contributed by atoms with E-state index < -0.39 is 10.0 Å². The highest BCUT2D eigenvalue weighted by atomic mass is 32.2. The summed E-state index contributed by atoms with van der Waals surface area (Å²) in [7, 11) is -3.68. The zero-order chi connectivity index (χ0) is 19.3. The van der Waals surface area contributed by atoms with E-state index in [2.05, 4.69) is 16.5 Å². The van der Waals surface area contributed by atoms with Crippen LogP contribution in [-0.2, 0) is 27.8 Å². The largest absolute Gasteiger partial charge is 0.343 e. The van der Waals surface area contributed by atoms with Crippen LogP contribution in [0, 0.1) is 0 Å². The number of amides is 1. The van der Waals surface area contributed by atoms with Crippen molar-refractivity contribution in [3.8, 4) is 0 Å². The van der Waals surface area contributed by atoms with E-state index in [-0.39, 0.29) is 16.8 Å². The maximum atomic E-state index is 13.3. The molecule has 1 atom stereocenters. The summed E-state index contributed by atoms with van der Waals surface area (Å²) in [5, 5.41) is 0. The molecule has 0 bridgehead atoms. The highest BCUT2D eigenvalue weighted by molar-refractivity contribution is 7.90. The van der Waals surface area contributed by atoms with Gasteiger partial charge >= 0.3 is 0 Å². The summed E-state index contributed by atoms with van der Waals surface area (Å²) in [5.41, 5.74) is 3.10. The number of nitrogens with zero attached hydrogens (tertiary/aromatic N) is 3. The molecule has 0 radical (unpaired) electrons. The van der Waals surface area contributed by atoms with Gasteiger partial charge in [-0.1, -0.05) is 36.4 Å². The Morgan fingerprint density at radius 3 is 2.61 bits per heavy atom. The van der Waals surface area contributed by atoms with Gasteiger partial charge in [0.1, 0.15) is 10.9 Å². The zero-order valence-electron chi connectivity index (χ0n) is 15.4. The van der Waals surface area contributed by atoms with Crippen LogP contribution in [0.25, 0.3) is 0 Å². The van der Waals surface area contributed by atoms with E-state index in [0.29, 0.717) is 31.0 Å². The predicted molar refractivity (Wildman–Crippen MR) is 105 cm³/mol. The lowest BCUT2D eigenvalue weighted by atomic mass is 9.99. The van der Waals surface area contributed by atoms with Gasteiger partial charge in [-0.2, -0.15) is 8.42 Å². The number of hydrogen-bond acceptors (Lipinski definition) is 4. The lowest BCUT2D eigenvalue weighted by molar-refractivity contribution is -0.135. The molecule has 3 aliphatic rings. The average molecular weight is 395 g/mol. The van der Waals surface area contributed by atoms with E-state index in [1.54, 1.807) is 18.2 Å². The van der Waals surface area contributed by atoms with E-state index in [0.717, 1.165) is 19.3 Å². The van der Waals surface area contributed by atoms with Crippen LogP contribution in [0.5, 0.6) is 0 Å². The number of amidine groups is 1. The summed E-state index contributed by atoms with van der Waals surface area (Å²) in [6, 6.07) is 14.7. The summed E-state index contributed by atoms with van der Waals surface area (Å²) in [6.07, 6.45) is 2.42. The minimum absolute atomic E-state index is 0.0662. The number of sulfonamides is 1. The molecule has 1 saturated heterocycles. The van der Waals surface area contributed by atoms with Crippen molar-refractivity contribution < 1.29 is 13.2 Å². The lowest BCUT2D eigenvalue weighted by Crippen LogP contribution is -2.49.